The number of benzene rings is 3. The summed E-state index contributed by atoms with van der Waals surface area (Å²) in [4.78, 5) is 16.7. The fourth-order valence-electron chi connectivity index (χ4n) is 8.21. The number of allylic oxidation sites excluding steroid dienone is 8. The molecule has 2 aliphatic heterocycles. The van der Waals surface area contributed by atoms with Crippen molar-refractivity contribution in [1.29, 1.82) is 0 Å². The Morgan fingerprint density at radius 2 is 1.46 bits per heavy atom. The molecule has 3 aromatic carbocycles. The molecule has 0 atom stereocenters. The number of hydrogen-bond acceptors (Lipinski definition) is 13. The van der Waals surface area contributed by atoms with Crippen LogP contribution in [0.15, 0.2) is 119 Å². The molecule has 5 rings (SSSR count). The lowest BCUT2D eigenvalue weighted by atomic mass is 9.81. The van der Waals surface area contributed by atoms with Crippen LogP contribution < -0.4 is 15.4 Å². The lowest BCUT2D eigenvalue weighted by molar-refractivity contribution is -0.437. The van der Waals surface area contributed by atoms with E-state index in [4.69, 9.17) is 17.8 Å². The number of sulfonamides is 1. The van der Waals surface area contributed by atoms with Crippen molar-refractivity contribution >= 4 is 63.9 Å². The molecule has 21 heteroatoms. The van der Waals surface area contributed by atoms with Gasteiger partial charge in [-0.25, -0.2) is 22.0 Å². The maximum Gasteiger partial charge on any atom is 0.425 e. The Morgan fingerprint density at radius 3 is 2.07 bits per heavy atom. The smallest absolute Gasteiger partial charge is 0.425 e. The predicted octanol–water partition coefficient (Wildman–Crippen LogP) is 5.18. The molecule has 364 valence electrons. The predicted molar refractivity (Wildman–Crippen MR) is 256 cm³/mol. The first-order valence-electron chi connectivity index (χ1n) is 21.3. The summed E-state index contributed by atoms with van der Waals surface area (Å²) >= 11 is 0. The zero-order valence-corrected chi connectivity index (χ0v) is 41.6. The molecule has 0 unspecified atom stereocenters. The van der Waals surface area contributed by atoms with E-state index in [0.717, 1.165) is 58.0 Å². The molecule has 0 fully saturated rings. The van der Waals surface area contributed by atoms with E-state index in [1.807, 2.05) is 75.6 Å². The molecule has 67 heavy (non-hydrogen) atoms. The molecule has 0 bridgehead atoms. The van der Waals surface area contributed by atoms with Gasteiger partial charge in [0.05, 0.1) is 25.3 Å². The maximum atomic E-state index is 12.5. The standard InChI is InChI=1S/C46H59N5O9S3.O3S/c1-7-26-50-41-25-23-37(63(58,59)60)31-39(41)46(4,5)42(50)15-11-9-8-10-12-16-43-45(2,3)38-30-35(20-24-40(38)51(43)28-14-29-61(53,54)55)33-49(6)27-13-17-44(52)48-32-34-18-21-36(22-19-34)62(47,56)57;1-4(2)3/h8-12,15-16,18-25,30-31H,7,13-14,17,26-29,32-33H2,1-6H3,(H4-,47,48,52,53,54,55,56,57,58,59,60);. The van der Waals surface area contributed by atoms with Crippen molar-refractivity contribution < 1.29 is 56.4 Å². The average Bonchev–Trinajstić information content (AvgIpc) is 3.56. The first kappa shape index (κ1) is 54.5. The molecule has 2 heterocycles. The molecule has 0 aliphatic carbocycles. The normalized spacial score (nSPS) is 16.3. The van der Waals surface area contributed by atoms with Gasteiger partial charge >= 0.3 is 10.6 Å². The number of nitrogens with zero attached hydrogens (tertiary/aromatic N) is 3. The van der Waals surface area contributed by atoms with Gasteiger partial charge in [0.15, 0.2) is 5.71 Å². The lowest BCUT2D eigenvalue weighted by Crippen LogP contribution is -2.28. The highest BCUT2D eigenvalue weighted by atomic mass is 32.2. The minimum atomic E-state index is -4.39. The number of anilines is 1. The van der Waals surface area contributed by atoms with Crippen LogP contribution in [0.4, 0.5) is 11.4 Å². The minimum absolute atomic E-state index is 0.0127. The van der Waals surface area contributed by atoms with E-state index in [1.165, 1.54) is 18.2 Å². The number of primary sulfonamides is 1. The molecule has 3 aromatic rings. The van der Waals surface area contributed by atoms with E-state index >= 15 is 0 Å². The highest BCUT2D eigenvalue weighted by Crippen LogP contribution is 2.48. The topological polar surface area (TPSA) is 262 Å². The van der Waals surface area contributed by atoms with Crippen LogP contribution in [0.1, 0.15) is 82.6 Å². The Bertz CT molecular complexity index is 2920. The van der Waals surface area contributed by atoms with Crippen LogP contribution in [0.2, 0.25) is 0 Å². The van der Waals surface area contributed by atoms with Gasteiger partial charge in [-0.3, -0.25) is 9.35 Å². The number of amides is 1. The molecule has 1 amide bonds. The van der Waals surface area contributed by atoms with Gasteiger partial charge in [-0.1, -0.05) is 75.4 Å². The summed E-state index contributed by atoms with van der Waals surface area (Å²) in [5.74, 6) is -0.577. The summed E-state index contributed by atoms with van der Waals surface area (Å²) in [6.45, 7) is 13.0. The van der Waals surface area contributed by atoms with E-state index in [1.54, 1.807) is 24.3 Å². The van der Waals surface area contributed by atoms with Crippen LogP contribution in [0.5, 0.6) is 0 Å². The molecule has 0 radical (unpaired) electrons. The van der Waals surface area contributed by atoms with Gasteiger partial charge < -0.3 is 19.7 Å². The van der Waals surface area contributed by atoms with E-state index in [2.05, 4.69) is 46.5 Å². The third-order valence-electron chi connectivity index (χ3n) is 11.4. The Balaban J connectivity index is 0.00000235. The Labute approximate surface area is 396 Å². The first-order chi connectivity index (χ1) is 31.2. The molecule has 0 saturated carbocycles. The summed E-state index contributed by atoms with van der Waals surface area (Å²) in [6.07, 6.45) is 15.6. The highest BCUT2D eigenvalue weighted by molar-refractivity contribution is 7.89. The first-order valence-corrected chi connectivity index (χ1v) is 26.9. The summed E-state index contributed by atoms with van der Waals surface area (Å²) < 4.78 is 119. The number of fused-ring (bicyclic) bond motifs is 2. The third-order valence-corrected chi connectivity index (χ3v) is 14.0. The second kappa shape index (κ2) is 22.8. The Kier molecular flexibility index (Phi) is 18.5. The van der Waals surface area contributed by atoms with Gasteiger partial charge in [-0.15, -0.1) is 12.6 Å². The number of rotatable bonds is 20. The van der Waals surface area contributed by atoms with Gasteiger partial charge in [0.2, 0.25) is 21.6 Å². The van der Waals surface area contributed by atoms with Crippen molar-refractivity contribution in [2.75, 3.05) is 37.3 Å². The van der Waals surface area contributed by atoms with Crippen LogP contribution in [0.3, 0.4) is 0 Å². The van der Waals surface area contributed by atoms with Gasteiger partial charge in [0.1, 0.15) is 6.54 Å². The van der Waals surface area contributed by atoms with Crippen molar-refractivity contribution in [3.63, 3.8) is 0 Å². The van der Waals surface area contributed by atoms with Crippen molar-refractivity contribution in [1.82, 2.24) is 10.2 Å². The Hall–Kier alpha value is -5.13. The van der Waals surface area contributed by atoms with Crippen molar-refractivity contribution in [2.24, 2.45) is 5.14 Å². The summed E-state index contributed by atoms with van der Waals surface area (Å²) in [6, 6.07) is 17.0. The quantitative estimate of drug-likeness (QED) is 0.0749. The lowest BCUT2D eigenvalue weighted by Gasteiger charge is -2.27. The molecule has 0 spiro atoms. The molecule has 0 aromatic heterocycles. The van der Waals surface area contributed by atoms with Gasteiger partial charge in [0.25, 0.3) is 10.1 Å². The molecule has 17 nitrogen and oxygen atoms in total. The number of carbonyl (C=O) groups is 1. The third kappa shape index (κ3) is 15.2. The fraction of sp³-hybridized carbons (Fsp3) is 0.391. The molecule has 0 saturated heterocycles. The van der Waals surface area contributed by atoms with Gasteiger partial charge in [-0.05, 0) is 93.4 Å². The number of nitrogens with one attached hydrogen (secondary N) is 1. The zero-order valence-electron chi connectivity index (χ0n) is 38.4. The van der Waals surface area contributed by atoms with Crippen molar-refractivity contribution in [3.05, 3.63) is 131 Å². The zero-order chi connectivity index (χ0) is 50.0. The van der Waals surface area contributed by atoms with E-state index in [0.29, 0.717) is 32.5 Å². The highest BCUT2D eigenvalue weighted by Gasteiger charge is 2.45. The van der Waals surface area contributed by atoms with Crippen LogP contribution >= 0.6 is 0 Å². The maximum absolute atomic E-state index is 12.5. The number of hydrogen-bond donors (Lipinski definition) is 3. The second-order valence-electron chi connectivity index (χ2n) is 17.3. The number of carbonyl (C=O) groups excluding carboxylic acids is 1. The van der Waals surface area contributed by atoms with Crippen LogP contribution in [-0.2, 0) is 69.6 Å². The largest absolute Gasteiger partial charge is 0.748 e. The molecule has 4 N–H and O–H groups in total. The fourth-order valence-corrected chi connectivity index (χ4v) is 9.72. The van der Waals surface area contributed by atoms with Crippen LogP contribution in [-0.4, -0.2) is 101 Å². The monoisotopic (exact) mass is 1000 g/mol. The SMILES string of the molecule is CCC[N+]1=C(C=CC=CC=CC=C2N(CCCS(=O)(=O)[O-])c3ccc(CN(C)CCCC(=O)NCc4ccc(S(N)(=O)=O)cc4)cc3C2(C)C)C(C)(C)c2cc(S(=O)(=O)O)ccc21.O=S(=O)=O. The van der Waals surface area contributed by atoms with Crippen LogP contribution in [0, 0.1) is 0 Å². The van der Waals surface area contributed by atoms with Crippen LogP contribution in [0.25, 0.3) is 0 Å². The van der Waals surface area contributed by atoms with Gasteiger partial charge in [-0.2, -0.15) is 13.0 Å². The minimum Gasteiger partial charge on any atom is -0.748 e. The van der Waals surface area contributed by atoms with Crippen molar-refractivity contribution in [2.45, 2.75) is 94.0 Å². The van der Waals surface area contributed by atoms with E-state index < -0.39 is 57.5 Å². The van der Waals surface area contributed by atoms with E-state index in [-0.39, 0.29) is 28.7 Å². The number of nitrogens with two attached hydrogens (primary N) is 1. The molecule has 2 aliphatic rings. The van der Waals surface area contributed by atoms with Crippen molar-refractivity contribution in [3.8, 4) is 0 Å². The summed E-state index contributed by atoms with van der Waals surface area (Å²) in [5, 5.41) is 8.02. The summed E-state index contributed by atoms with van der Waals surface area (Å²) in [5.41, 5.74) is 6.58. The summed E-state index contributed by atoms with van der Waals surface area (Å²) in [7, 11) is -13.6. The Morgan fingerprint density at radius 1 is 0.851 bits per heavy atom. The second-order valence-corrected chi connectivity index (χ2v) is 22.2. The van der Waals surface area contributed by atoms with Gasteiger partial charge in [0, 0.05) is 72.7 Å². The molecular weight excluding hydrogens is 943 g/mol. The molecular formula is C46H59N5O12S4. The van der Waals surface area contributed by atoms with E-state index in [9.17, 15) is 39.2 Å². The average molecular weight is 1000 g/mol.